The normalized spacial score (nSPS) is 11.8. The average Bonchev–Trinajstić information content (AvgIpc) is 2.43. The second kappa shape index (κ2) is 5.91. The van der Waals surface area contributed by atoms with Crippen LogP contribution in [-0.2, 0) is 6.18 Å². The topological polar surface area (TPSA) is 109 Å². The van der Waals surface area contributed by atoms with Crippen molar-refractivity contribution in [2.75, 3.05) is 0 Å². The van der Waals surface area contributed by atoms with Gasteiger partial charge in [-0.25, -0.2) is 4.79 Å². The van der Waals surface area contributed by atoms with Gasteiger partial charge in [-0.15, -0.1) is 0 Å². The molecule has 1 aromatic heterocycles. The first-order chi connectivity index (χ1) is 10.7. The van der Waals surface area contributed by atoms with Crippen molar-refractivity contribution in [2.24, 2.45) is 0 Å². The second-order valence-corrected chi connectivity index (χ2v) is 4.38. The number of nitrogens with zero attached hydrogens (tertiary/aromatic N) is 1. The van der Waals surface area contributed by atoms with Crippen LogP contribution in [0.1, 0.15) is 16.8 Å². The van der Waals surface area contributed by atoms with Gasteiger partial charge in [0.2, 0.25) is 0 Å². The molecule has 0 saturated carbocycles. The first-order valence-corrected chi connectivity index (χ1v) is 6.05. The second-order valence-electron chi connectivity index (χ2n) is 4.38. The molecule has 0 aliphatic carbocycles. The Labute approximate surface area is 125 Å². The predicted octanol–water partition coefficient (Wildman–Crippen LogP) is 2.16. The van der Waals surface area contributed by atoms with Gasteiger partial charge in [0.1, 0.15) is 5.69 Å². The summed E-state index contributed by atoms with van der Waals surface area (Å²) < 4.78 is 37.8. The first kappa shape index (κ1) is 16.2. The van der Waals surface area contributed by atoms with Gasteiger partial charge in [-0.3, -0.25) is 19.9 Å². The smallest absolute Gasteiger partial charge is 0.301 e. The lowest BCUT2D eigenvalue weighted by Gasteiger charge is -2.06. The maximum absolute atomic E-state index is 12.6. The lowest BCUT2D eigenvalue weighted by Crippen LogP contribution is -2.25. The highest BCUT2D eigenvalue weighted by Gasteiger charge is 2.30. The van der Waals surface area contributed by atoms with E-state index in [1.54, 1.807) is 4.98 Å². The monoisotopic (exact) mass is 327 g/mol. The molecule has 0 aliphatic rings. The Balaban J connectivity index is 2.48. The van der Waals surface area contributed by atoms with Gasteiger partial charge in [0, 0.05) is 0 Å². The average molecular weight is 327 g/mol. The van der Waals surface area contributed by atoms with Crippen molar-refractivity contribution in [2.45, 2.75) is 6.18 Å². The Hall–Kier alpha value is -3.17. The molecule has 2 rings (SSSR count). The van der Waals surface area contributed by atoms with Gasteiger partial charge in [-0.05, 0) is 23.8 Å². The van der Waals surface area contributed by atoms with Gasteiger partial charge in [0.05, 0.1) is 10.5 Å². The molecule has 0 fully saturated rings. The molecule has 120 valence electrons. The zero-order chi connectivity index (χ0) is 17.2. The largest absolute Gasteiger partial charge is 0.416 e. The summed E-state index contributed by atoms with van der Waals surface area (Å²) in [5.74, 6) is 0. The molecule has 1 aromatic carbocycles. The molecular formula is C13H8F3N3O4. The van der Waals surface area contributed by atoms with Gasteiger partial charge in [0.25, 0.3) is 0 Å². The molecule has 10 heteroatoms. The van der Waals surface area contributed by atoms with E-state index in [0.717, 1.165) is 30.4 Å². The van der Waals surface area contributed by atoms with E-state index in [9.17, 15) is 32.9 Å². The summed E-state index contributed by atoms with van der Waals surface area (Å²) in [4.78, 5) is 36.1. The van der Waals surface area contributed by atoms with Crippen molar-refractivity contribution in [3.05, 3.63) is 72.0 Å². The van der Waals surface area contributed by atoms with Crippen molar-refractivity contribution < 1.29 is 18.1 Å². The number of H-pyrrole nitrogens is 2. The van der Waals surface area contributed by atoms with Gasteiger partial charge in [0.15, 0.2) is 0 Å². The molecule has 0 spiro atoms. The summed E-state index contributed by atoms with van der Waals surface area (Å²) in [7, 11) is 0. The molecule has 0 aliphatic heterocycles. The van der Waals surface area contributed by atoms with E-state index in [0.29, 0.717) is 0 Å². The first-order valence-electron chi connectivity index (χ1n) is 6.05. The zero-order valence-corrected chi connectivity index (χ0v) is 11.2. The fourth-order valence-corrected chi connectivity index (χ4v) is 1.80. The molecule has 0 atom stereocenters. The maximum Gasteiger partial charge on any atom is 0.416 e. The Kier molecular flexibility index (Phi) is 4.16. The molecule has 0 saturated heterocycles. The lowest BCUT2D eigenvalue weighted by molar-refractivity contribution is -0.386. The minimum atomic E-state index is -4.53. The van der Waals surface area contributed by atoms with Gasteiger partial charge < -0.3 is 4.98 Å². The zero-order valence-electron chi connectivity index (χ0n) is 11.2. The summed E-state index contributed by atoms with van der Waals surface area (Å²) >= 11 is 0. The molecule has 1 heterocycles. The van der Waals surface area contributed by atoms with Crippen LogP contribution in [-0.4, -0.2) is 14.9 Å². The van der Waals surface area contributed by atoms with Crippen LogP contribution in [0.15, 0.2) is 33.9 Å². The lowest BCUT2D eigenvalue weighted by atomic mass is 10.1. The van der Waals surface area contributed by atoms with Crippen molar-refractivity contribution >= 4 is 17.8 Å². The van der Waals surface area contributed by atoms with E-state index in [1.807, 2.05) is 0 Å². The van der Waals surface area contributed by atoms with E-state index in [1.165, 1.54) is 6.07 Å². The predicted molar refractivity (Wildman–Crippen MR) is 74.7 cm³/mol. The highest BCUT2D eigenvalue weighted by atomic mass is 19.4. The molecule has 0 bridgehead atoms. The molecule has 0 unspecified atom stereocenters. The number of nitro groups is 1. The number of hydrogen-bond acceptors (Lipinski definition) is 4. The van der Waals surface area contributed by atoms with Gasteiger partial charge in [-0.2, -0.15) is 13.2 Å². The number of rotatable bonds is 3. The van der Waals surface area contributed by atoms with Crippen molar-refractivity contribution in [3.63, 3.8) is 0 Å². The molecule has 23 heavy (non-hydrogen) atoms. The summed E-state index contributed by atoms with van der Waals surface area (Å²) in [5, 5.41) is 10.8. The van der Waals surface area contributed by atoms with Gasteiger partial charge in [-0.1, -0.05) is 18.2 Å². The Morgan fingerprint density at radius 3 is 2.43 bits per heavy atom. The van der Waals surface area contributed by atoms with Crippen LogP contribution in [0.2, 0.25) is 0 Å². The SMILES string of the molecule is O=c1[nH]c(/C=C/c2cccc(C(F)(F)F)c2)c([N+](=O)[O-])c(=O)[nH]1. The Morgan fingerprint density at radius 1 is 1.13 bits per heavy atom. The van der Waals surface area contributed by atoms with E-state index in [2.05, 4.69) is 4.98 Å². The van der Waals surface area contributed by atoms with Crippen LogP contribution >= 0.6 is 0 Å². The van der Waals surface area contributed by atoms with E-state index in [4.69, 9.17) is 0 Å². The third-order valence-corrected chi connectivity index (χ3v) is 2.78. The van der Waals surface area contributed by atoms with E-state index >= 15 is 0 Å². The van der Waals surface area contributed by atoms with E-state index in [-0.39, 0.29) is 5.56 Å². The standard InChI is InChI=1S/C13H8F3N3O4/c14-13(15,16)8-3-1-2-7(6-8)4-5-9-10(19(22)23)11(20)18-12(21)17-9/h1-6H,(H2,17,18,20,21)/b5-4+. The molecule has 0 radical (unpaired) electrons. The number of nitrogens with one attached hydrogen (secondary N) is 2. The molecule has 2 aromatic rings. The fraction of sp³-hybridized carbons (Fsp3) is 0.0769. The highest BCUT2D eigenvalue weighted by molar-refractivity contribution is 5.71. The molecule has 0 amide bonds. The van der Waals surface area contributed by atoms with Crippen molar-refractivity contribution in [1.82, 2.24) is 9.97 Å². The third-order valence-electron chi connectivity index (χ3n) is 2.78. The molecule has 7 nitrogen and oxygen atoms in total. The minimum absolute atomic E-state index is 0.0928. The Bertz CT molecular complexity index is 896. The number of halogens is 3. The van der Waals surface area contributed by atoms with Crippen LogP contribution in [0.4, 0.5) is 18.9 Å². The number of hydrogen-bond donors (Lipinski definition) is 2. The maximum atomic E-state index is 12.6. The highest BCUT2D eigenvalue weighted by Crippen LogP contribution is 2.29. The number of aromatic nitrogens is 2. The van der Waals surface area contributed by atoms with Crippen LogP contribution < -0.4 is 11.2 Å². The number of benzene rings is 1. The minimum Gasteiger partial charge on any atom is -0.301 e. The molecule has 2 N–H and O–H groups in total. The number of aromatic amines is 2. The number of alkyl halides is 3. The van der Waals surface area contributed by atoms with Crippen molar-refractivity contribution in [1.29, 1.82) is 0 Å². The quantitative estimate of drug-likeness (QED) is 0.665. The summed E-state index contributed by atoms with van der Waals surface area (Å²) in [6.07, 6.45) is -2.43. The van der Waals surface area contributed by atoms with Crippen LogP contribution in [0.25, 0.3) is 12.2 Å². The summed E-state index contributed by atoms with van der Waals surface area (Å²) in [5.41, 5.74) is -4.30. The Morgan fingerprint density at radius 2 is 1.83 bits per heavy atom. The van der Waals surface area contributed by atoms with Gasteiger partial charge >= 0.3 is 23.1 Å². The summed E-state index contributed by atoms with van der Waals surface area (Å²) in [6.45, 7) is 0. The van der Waals surface area contributed by atoms with Crippen LogP contribution in [0.3, 0.4) is 0 Å². The van der Waals surface area contributed by atoms with Crippen LogP contribution in [0, 0.1) is 10.1 Å². The fourth-order valence-electron chi connectivity index (χ4n) is 1.80. The summed E-state index contributed by atoms with van der Waals surface area (Å²) in [6, 6.07) is 4.20. The third kappa shape index (κ3) is 3.73. The van der Waals surface area contributed by atoms with Crippen LogP contribution in [0.5, 0.6) is 0 Å². The van der Waals surface area contributed by atoms with E-state index < -0.39 is 39.3 Å². The van der Waals surface area contributed by atoms with Crippen molar-refractivity contribution in [3.8, 4) is 0 Å². The molecular weight excluding hydrogens is 319 g/mol.